The maximum atomic E-state index is 12.3. The first-order valence-electron chi connectivity index (χ1n) is 12.1. The molecule has 0 saturated heterocycles. The fourth-order valence-electron chi connectivity index (χ4n) is 3.84. The van der Waals surface area contributed by atoms with Crippen LogP contribution in [0.1, 0.15) is 31.7 Å². The molecule has 3 aromatic rings. The summed E-state index contributed by atoms with van der Waals surface area (Å²) in [5, 5.41) is 13.7. The standard InChI is InChI=1S/C29H31N3O5/c1-19(29(37)32-25(28(30)36)16-18-27(34)35)31-26(33)17-9-20-7-10-22(11-8-20)24-14-12-23(13-15-24)21-5-3-2-4-6-21/h2-8,10-15,19,25H,9,16-18H2,1H3,(H2,30,36)(H,31,33)(H,32,37)(H,34,35)/t19-,25?/m0/s1. The van der Waals surface area contributed by atoms with Gasteiger partial charge < -0.3 is 21.5 Å². The second-order valence-corrected chi connectivity index (χ2v) is 8.83. The third-order valence-corrected chi connectivity index (χ3v) is 6.00. The van der Waals surface area contributed by atoms with Crippen LogP contribution in [0, 0.1) is 0 Å². The number of amides is 3. The Morgan fingerprint density at radius 2 is 1.27 bits per heavy atom. The van der Waals surface area contributed by atoms with E-state index in [1.165, 1.54) is 12.5 Å². The van der Waals surface area contributed by atoms with Crippen LogP contribution in [-0.4, -0.2) is 40.9 Å². The molecule has 0 bridgehead atoms. The molecule has 0 saturated carbocycles. The van der Waals surface area contributed by atoms with Gasteiger partial charge in [0.1, 0.15) is 12.1 Å². The average Bonchev–Trinajstić information content (AvgIpc) is 2.90. The van der Waals surface area contributed by atoms with Gasteiger partial charge in [-0.2, -0.15) is 0 Å². The van der Waals surface area contributed by atoms with E-state index in [4.69, 9.17) is 10.8 Å². The Kier molecular flexibility index (Phi) is 9.55. The Labute approximate surface area is 215 Å². The first kappa shape index (κ1) is 27.1. The van der Waals surface area contributed by atoms with E-state index in [0.717, 1.165) is 22.3 Å². The Hall–Kier alpha value is -4.46. The molecule has 3 aromatic carbocycles. The van der Waals surface area contributed by atoms with Gasteiger partial charge in [-0.1, -0.05) is 78.9 Å². The van der Waals surface area contributed by atoms with Crippen LogP contribution in [0.5, 0.6) is 0 Å². The van der Waals surface area contributed by atoms with Crippen molar-refractivity contribution < 1.29 is 24.3 Å². The van der Waals surface area contributed by atoms with Crippen LogP contribution < -0.4 is 16.4 Å². The average molecular weight is 502 g/mol. The molecule has 8 nitrogen and oxygen atoms in total. The summed E-state index contributed by atoms with van der Waals surface area (Å²) in [7, 11) is 0. The predicted octanol–water partition coefficient (Wildman–Crippen LogP) is 3.29. The summed E-state index contributed by atoms with van der Waals surface area (Å²) in [4.78, 5) is 46.8. The van der Waals surface area contributed by atoms with Crippen molar-refractivity contribution in [2.24, 2.45) is 5.73 Å². The van der Waals surface area contributed by atoms with Crippen LogP contribution in [-0.2, 0) is 25.6 Å². The molecule has 1 unspecified atom stereocenters. The molecule has 0 fully saturated rings. The van der Waals surface area contributed by atoms with E-state index < -0.39 is 29.9 Å². The highest BCUT2D eigenvalue weighted by atomic mass is 16.4. The first-order valence-corrected chi connectivity index (χ1v) is 12.1. The number of carbonyl (C=O) groups excluding carboxylic acids is 3. The Morgan fingerprint density at radius 1 is 0.757 bits per heavy atom. The van der Waals surface area contributed by atoms with Gasteiger partial charge in [-0.3, -0.25) is 19.2 Å². The fraction of sp³-hybridized carbons (Fsp3) is 0.241. The molecule has 0 aliphatic carbocycles. The Morgan fingerprint density at radius 3 is 1.78 bits per heavy atom. The van der Waals surface area contributed by atoms with Crippen molar-refractivity contribution in [3.8, 4) is 22.3 Å². The highest BCUT2D eigenvalue weighted by molar-refractivity contribution is 5.91. The number of rotatable bonds is 12. The van der Waals surface area contributed by atoms with Crippen LogP contribution in [0.2, 0.25) is 0 Å². The number of aryl methyl sites for hydroxylation is 1. The van der Waals surface area contributed by atoms with E-state index in [9.17, 15) is 19.2 Å². The van der Waals surface area contributed by atoms with Gasteiger partial charge in [0.15, 0.2) is 0 Å². The summed E-state index contributed by atoms with van der Waals surface area (Å²) < 4.78 is 0. The lowest BCUT2D eigenvalue weighted by atomic mass is 9.99. The van der Waals surface area contributed by atoms with E-state index in [1.807, 2.05) is 42.5 Å². The van der Waals surface area contributed by atoms with E-state index in [0.29, 0.717) is 6.42 Å². The number of nitrogens with one attached hydrogen (secondary N) is 2. The molecule has 192 valence electrons. The number of nitrogens with two attached hydrogens (primary N) is 1. The second kappa shape index (κ2) is 13.0. The van der Waals surface area contributed by atoms with Gasteiger partial charge >= 0.3 is 5.97 Å². The summed E-state index contributed by atoms with van der Waals surface area (Å²) in [6.07, 6.45) is 0.244. The lowest BCUT2D eigenvalue weighted by molar-refractivity contribution is -0.137. The van der Waals surface area contributed by atoms with E-state index >= 15 is 0 Å². The third kappa shape index (κ3) is 8.31. The highest BCUT2D eigenvalue weighted by Crippen LogP contribution is 2.25. The molecular formula is C29H31N3O5. The summed E-state index contributed by atoms with van der Waals surface area (Å²) in [6.45, 7) is 1.49. The van der Waals surface area contributed by atoms with Crippen molar-refractivity contribution in [3.05, 3.63) is 84.4 Å². The number of carboxylic acids is 1. The number of carboxylic acid groups (broad SMARTS) is 1. The minimum atomic E-state index is -1.11. The monoisotopic (exact) mass is 501 g/mol. The van der Waals surface area contributed by atoms with Crippen LogP contribution in [0.25, 0.3) is 22.3 Å². The smallest absolute Gasteiger partial charge is 0.303 e. The number of primary amides is 1. The van der Waals surface area contributed by atoms with Crippen molar-refractivity contribution in [3.63, 3.8) is 0 Å². The molecule has 3 amide bonds. The molecule has 5 N–H and O–H groups in total. The predicted molar refractivity (Wildman–Crippen MR) is 141 cm³/mol. The molecule has 0 aliphatic heterocycles. The number of hydrogen-bond donors (Lipinski definition) is 4. The zero-order valence-corrected chi connectivity index (χ0v) is 20.6. The summed E-state index contributed by atoms with van der Waals surface area (Å²) in [5.41, 5.74) is 10.7. The molecule has 0 aliphatic rings. The number of benzene rings is 3. The zero-order valence-electron chi connectivity index (χ0n) is 20.6. The SMILES string of the molecule is C[C@H](NC(=O)CCc1ccc(-c2ccc(-c3ccccc3)cc2)cc1)C(=O)NC(CCC(=O)O)C(N)=O. The van der Waals surface area contributed by atoms with Gasteiger partial charge in [-0.05, 0) is 47.6 Å². The molecule has 37 heavy (non-hydrogen) atoms. The van der Waals surface area contributed by atoms with Gasteiger partial charge in [-0.25, -0.2) is 0 Å². The van der Waals surface area contributed by atoms with Crippen molar-refractivity contribution in [1.29, 1.82) is 0 Å². The molecule has 0 radical (unpaired) electrons. The van der Waals surface area contributed by atoms with Gasteiger partial charge in [0, 0.05) is 12.8 Å². The number of carbonyl (C=O) groups is 4. The molecule has 0 spiro atoms. The number of aliphatic carboxylic acids is 1. The minimum Gasteiger partial charge on any atom is -0.481 e. The van der Waals surface area contributed by atoms with E-state index in [-0.39, 0.29) is 25.2 Å². The number of hydrogen-bond acceptors (Lipinski definition) is 4. The Bertz CT molecular complexity index is 1220. The van der Waals surface area contributed by atoms with E-state index in [2.05, 4.69) is 47.0 Å². The maximum absolute atomic E-state index is 12.3. The van der Waals surface area contributed by atoms with Crippen molar-refractivity contribution >= 4 is 23.7 Å². The maximum Gasteiger partial charge on any atom is 0.303 e. The van der Waals surface area contributed by atoms with Gasteiger partial charge in [-0.15, -0.1) is 0 Å². The minimum absolute atomic E-state index is 0.121. The van der Waals surface area contributed by atoms with Crippen LogP contribution in [0.4, 0.5) is 0 Å². The molecule has 8 heteroatoms. The van der Waals surface area contributed by atoms with Crippen molar-refractivity contribution in [2.75, 3.05) is 0 Å². The largest absolute Gasteiger partial charge is 0.481 e. The lowest BCUT2D eigenvalue weighted by Gasteiger charge is -2.19. The third-order valence-electron chi connectivity index (χ3n) is 6.00. The molecule has 0 heterocycles. The molecule has 3 rings (SSSR count). The first-order chi connectivity index (χ1) is 17.7. The van der Waals surface area contributed by atoms with E-state index in [1.54, 1.807) is 0 Å². The second-order valence-electron chi connectivity index (χ2n) is 8.83. The Balaban J connectivity index is 1.48. The quantitative estimate of drug-likeness (QED) is 0.302. The summed E-state index contributed by atoms with van der Waals surface area (Å²) in [5.74, 6) is -2.85. The topological polar surface area (TPSA) is 139 Å². The molecular weight excluding hydrogens is 470 g/mol. The normalized spacial score (nSPS) is 12.2. The fourth-order valence-corrected chi connectivity index (χ4v) is 3.84. The molecule has 0 aromatic heterocycles. The lowest BCUT2D eigenvalue weighted by Crippen LogP contribution is -2.52. The van der Waals surface area contributed by atoms with Gasteiger partial charge in [0.25, 0.3) is 0 Å². The van der Waals surface area contributed by atoms with Crippen molar-refractivity contribution in [1.82, 2.24) is 10.6 Å². The zero-order chi connectivity index (χ0) is 26.8. The van der Waals surface area contributed by atoms with Crippen molar-refractivity contribution in [2.45, 2.75) is 44.7 Å². The van der Waals surface area contributed by atoms with Gasteiger partial charge in [0.2, 0.25) is 17.7 Å². The highest BCUT2D eigenvalue weighted by Gasteiger charge is 2.23. The van der Waals surface area contributed by atoms with Crippen LogP contribution in [0.3, 0.4) is 0 Å². The van der Waals surface area contributed by atoms with Gasteiger partial charge in [0.05, 0.1) is 0 Å². The van der Waals surface area contributed by atoms with Crippen LogP contribution >= 0.6 is 0 Å². The summed E-state index contributed by atoms with van der Waals surface area (Å²) >= 11 is 0. The molecule has 2 atom stereocenters. The summed E-state index contributed by atoms with van der Waals surface area (Å²) in [6, 6.07) is 24.5. The van der Waals surface area contributed by atoms with Crippen LogP contribution in [0.15, 0.2) is 78.9 Å².